The highest BCUT2D eigenvalue weighted by Crippen LogP contribution is 2.36. The van der Waals surface area contributed by atoms with Gasteiger partial charge in [-0.2, -0.15) is 0 Å². The third-order valence-corrected chi connectivity index (χ3v) is 3.86. The van der Waals surface area contributed by atoms with Crippen LogP contribution in [0.1, 0.15) is 25.8 Å². The Hall–Kier alpha value is -0.910. The van der Waals surface area contributed by atoms with E-state index >= 15 is 0 Å². The Balaban J connectivity index is 1.93. The lowest BCUT2D eigenvalue weighted by Gasteiger charge is -2.35. The van der Waals surface area contributed by atoms with Crippen LogP contribution in [-0.2, 0) is 4.74 Å². The van der Waals surface area contributed by atoms with Crippen molar-refractivity contribution in [3.8, 4) is 0 Å². The van der Waals surface area contributed by atoms with Crippen molar-refractivity contribution in [2.24, 2.45) is 0 Å². The summed E-state index contributed by atoms with van der Waals surface area (Å²) < 4.78 is 8.37. The molecule has 1 aliphatic rings. The summed E-state index contributed by atoms with van der Waals surface area (Å²) >= 11 is 11.3. The Morgan fingerprint density at radius 1 is 1.61 bits per heavy atom. The van der Waals surface area contributed by atoms with Gasteiger partial charge in [-0.1, -0.05) is 11.6 Å². The summed E-state index contributed by atoms with van der Waals surface area (Å²) in [5, 5.41) is 0.617. The number of nitrogens with zero attached hydrogens (tertiary/aromatic N) is 2. The molecule has 3 rings (SSSR count). The fraction of sp³-hybridized carbons (Fsp3) is 0.500. The maximum Gasteiger partial charge on any atom is 0.179 e. The van der Waals surface area contributed by atoms with Crippen LogP contribution in [0.15, 0.2) is 12.3 Å². The van der Waals surface area contributed by atoms with Crippen LogP contribution in [-0.4, -0.2) is 27.2 Å². The van der Waals surface area contributed by atoms with Crippen molar-refractivity contribution < 1.29 is 4.74 Å². The van der Waals surface area contributed by atoms with Gasteiger partial charge in [0.05, 0.1) is 16.6 Å². The van der Waals surface area contributed by atoms with Gasteiger partial charge < -0.3 is 9.72 Å². The van der Waals surface area contributed by atoms with Crippen molar-refractivity contribution in [3.05, 3.63) is 22.1 Å². The first-order valence-corrected chi connectivity index (χ1v) is 6.85. The van der Waals surface area contributed by atoms with E-state index in [1.807, 2.05) is 13.0 Å². The molecule has 1 aliphatic carbocycles. The Morgan fingerprint density at radius 2 is 2.39 bits per heavy atom. The first-order chi connectivity index (χ1) is 8.69. The highest BCUT2D eigenvalue weighted by Gasteiger charge is 2.32. The van der Waals surface area contributed by atoms with E-state index in [0.717, 1.165) is 30.6 Å². The number of hydrogen-bond acceptors (Lipinski definition) is 3. The monoisotopic (exact) mass is 283 g/mol. The predicted molar refractivity (Wildman–Crippen MR) is 73.6 cm³/mol. The Labute approximate surface area is 115 Å². The lowest BCUT2D eigenvalue weighted by molar-refractivity contribution is -0.0191. The molecule has 0 aromatic carbocycles. The van der Waals surface area contributed by atoms with E-state index in [1.54, 1.807) is 6.20 Å². The maximum atomic E-state index is 5.93. The molecule has 1 N–H and O–H groups in total. The number of aromatic nitrogens is 3. The molecule has 1 fully saturated rings. The number of rotatable bonds is 3. The highest BCUT2D eigenvalue weighted by atomic mass is 35.5. The van der Waals surface area contributed by atoms with E-state index in [2.05, 4.69) is 14.5 Å². The van der Waals surface area contributed by atoms with Gasteiger partial charge in [0, 0.05) is 18.8 Å². The fourth-order valence-electron chi connectivity index (χ4n) is 2.45. The van der Waals surface area contributed by atoms with Gasteiger partial charge in [0.25, 0.3) is 0 Å². The third kappa shape index (κ3) is 1.96. The molecular weight excluding hydrogens is 270 g/mol. The van der Waals surface area contributed by atoms with Crippen LogP contribution in [0.4, 0.5) is 0 Å². The van der Waals surface area contributed by atoms with Gasteiger partial charge in [-0.3, -0.25) is 4.57 Å². The molecule has 0 saturated heterocycles. The smallest absolute Gasteiger partial charge is 0.179 e. The minimum Gasteiger partial charge on any atom is -0.378 e. The second-order valence-electron chi connectivity index (χ2n) is 4.53. The first-order valence-electron chi connectivity index (χ1n) is 6.06. The lowest BCUT2D eigenvalue weighted by atomic mass is 9.89. The number of pyridine rings is 1. The lowest BCUT2D eigenvalue weighted by Crippen LogP contribution is -2.33. The van der Waals surface area contributed by atoms with Gasteiger partial charge in [-0.25, -0.2) is 4.98 Å². The molecule has 0 atom stereocenters. The van der Waals surface area contributed by atoms with Crippen LogP contribution >= 0.6 is 23.8 Å². The molecule has 0 spiro atoms. The quantitative estimate of drug-likeness (QED) is 0.877. The number of nitrogens with one attached hydrogen (secondary N) is 1. The zero-order valence-corrected chi connectivity index (χ0v) is 11.6. The summed E-state index contributed by atoms with van der Waals surface area (Å²) in [5.41, 5.74) is 1.77. The molecule has 96 valence electrons. The zero-order valence-electron chi connectivity index (χ0n) is 10.0. The molecule has 18 heavy (non-hydrogen) atoms. The summed E-state index contributed by atoms with van der Waals surface area (Å²) in [6, 6.07) is 2.24. The minimum atomic E-state index is 0.360. The molecule has 0 bridgehead atoms. The molecule has 1 saturated carbocycles. The molecule has 4 nitrogen and oxygen atoms in total. The Bertz CT molecular complexity index is 630. The van der Waals surface area contributed by atoms with Crippen molar-refractivity contribution in [2.45, 2.75) is 31.9 Å². The summed E-state index contributed by atoms with van der Waals surface area (Å²) in [7, 11) is 0. The van der Waals surface area contributed by atoms with Crippen LogP contribution in [0.3, 0.4) is 0 Å². The summed E-state index contributed by atoms with van der Waals surface area (Å²) in [6.07, 6.45) is 4.01. The van der Waals surface area contributed by atoms with Crippen molar-refractivity contribution in [1.29, 1.82) is 0 Å². The molecular formula is C12H14ClN3OS. The number of H-pyrrole nitrogens is 1. The SMILES string of the molecule is CCOC1CC(n2c(=S)[nH]c3cc(Cl)cnc32)C1. The Kier molecular flexibility index (Phi) is 3.13. The number of hydrogen-bond donors (Lipinski definition) is 1. The maximum absolute atomic E-state index is 5.93. The second kappa shape index (κ2) is 4.64. The van der Waals surface area contributed by atoms with Crippen LogP contribution in [0.2, 0.25) is 5.02 Å². The molecule has 6 heteroatoms. The highest BCUT2D eigenvalue weighted by molar-refractivity contribution is 7.71. The van der Waals surface area contributed by atoms with Crippen LogP contribution in [0.5, 0.6) is 0 Å². The van der Waals surface area contributed by atoms with Crippen LogP contribution < -0.4 is 0 Å². The predicted octanol–water partition coefficient (Wildman–Crippen LogP) is 3.49. The largest absolute Gasteiger partial charge is 0.378 e. The second-order valence-corrected chi connectivity index (χ2v) is 5.35. The molecule has 2 heterocycles. The van der Waals surface area contributed by atoms with Gasteiger partial charge >= 0.3 is 0 Å². The standard InChI is InChI=1S/C12H14ClN3OS/c1-2-17-9-4-8(5-9)16-11-10(15-12(16)18)3-7(13)6-14-11/h3,6,8-9H,2,4-5H2,1H3,(H,15,18). The molecule has 2 aromatic rings. The van der Waals surface area contributed by atoms with E-state index < -0.39 is 0 Å². The third-order valence-electron chi connectivity index (χ3n) is 3.36. The molecule has 0 amide bonds. The molecule has 2 aromatic heterocycles. The van der Waals surface area contributed by atoms with E-state index in [1.165, 1.54) is 0 Å². The van der Waals surface area contributed by atoms with E-state index in [9.17, 15) is 0 Å². The van der Waals surface area contributed by atoms with Crippen molar-refractivity contribution in [3.63, 3.8) is 0 Å². The van der Waals surface area contributed by atoms with E-state index in [-0.39, 0.29) is 0 Å². The van der Waals surface area contributed by atoms with Crippen molar-refractivity contribution >= 4 is 35.0 Å². The fourth-order valence-corrected chi connectivity index (χ4v) is 2.95. The molecule has 0 unspecified atom stereocenters. The van der Waals surface area contributed by atoms with E-state index in [4.69, 9.17) is 28.6 Å². The van der Waals surface area contributed by atoms with Crippen LogP contribution in [0, 0.1) is 4.77 Å². The normalized spacial score (nSPS) is 23.2. The topological polar surface area (TPSA) is 42.8 Å². The van der Waals surface area contributed by atoms with Gasteiger partial charge in [-0.15, -0.1) is 0 Å². The van der Waals surface area contributed by atoms with E-state index in [0.29, 0.717) is 21.9 Å². The van der Waals surface area contributed by atoms with Gasteiger partial charge in [0.15, 0.2) is 10.4 Å². The van der Waals surface area contributed by atoms with Crippen LogP contribution in [0.25, 0.3) is 11.2 Å². The Morgan fingerprint density at radius 3 is 3.11 bits per heavy atom. The summed E-state index contributed by atoms with van der Waals surface area (Å²) in [4.78, 5) is 7.52. The minimum absolute atomic E-state index is 0.360. The van der Waals surface area contributed by atoms with Crippen molar-refractivity contribution in [1.82, 2.24) is 14.5 Å². The number of aromatic amines is 1. The molecule has 0 radical (unpaired) electrons. The average molecular weight is 284 g/mol. The average Bonchev–Trinajstić information content (AvgIpc) is 2.58. The van der Waals surface area contributed by atoms with Gasteiger partial charge in [-0.05, 0) is 38.0 Å². The number of fused-ring (bicyclic) bond motifs is 1. The number of imidazole rings is 1. The van der Waals surface area contributed by atoms with Crippen molar-refractivity contribution in [2.75, 3.05) is 6.61 Å². The summed E-state index contributed by atoms with van der Waals surface area (Å²) in [5.74, 6) is 0. The van der Waals surface area contributed by atoms with Gasteiger partial charge in [0.2, 0.25) is 0 Å². The van der Waals surface area contributed by atoms with Gasteiger partial charge in [0.1, 0.15) is 0 Å². The molecule has 0 aliphatic heterocycles. The number of halogens is 1. The first kappa shape index (κ1) is 12.1. The number of ether oxygens (including phenoxy) is 1. The zero-order chi connectivity index (χ0) is 12.7. The summed E-state index contributed by atoms with van der Waals surface area (Å²) in [6.45, 7) is 2.79.